The van der Waals surface area contributed by atoms with Crippen molar-refractivity contribution in [2.24, 2.45) is 7.05 Å². The predicted molar refractivity (Wildman–Crippen MR) is 177 cm³/mol. The third-order valence-corrected chi connectivity index (χ3v) is 8.78. The van der Waals surface area contributed by atoms with Crippen LogP contribution in [0.2, 0.25) is 0 Å². The lowest BCUT2D eigenvalue weighted by Crippen LogP contribution is -2.52. The van der Waals surface area contributed by atoms with Gasteiger partial charge in [-0.2, -0.15) is 0 Å². The van der Waals surface area contributed by atoms with E-state index in [1.54, 1.807) is 35.6 Å². The van der Waals surface area contributed by atoms with E-state index in [0.717, 1.165) is 49.9 Å². The first kappa shape index (κ1) is 28.9. The zero-order valence-corrected chi connectivity index (χ0v) is 25.9. The van der Waals surface area contributed by atoms with Crippen LogP contribution in [0.3, 0.4) is 0 Å². The summed E-state index contributed by atoms with van der Waals surface area (Å²) in [5.41, 5.74) is 11.6. The third-order valence-electron chi connectivity index (χ3n) is 8.78. The summed E-state index contributed by atoms with van der Waals surface area (Å²) < 4.78 is 7.79. The lowest BCUT2D eigenvalue weighted by Gasteiger charge is -2.31. The van der Waals surface area contributed by atoms with Crippen LogP contribution >= 0.6 is 0 Å². The first-order valence-electron chi connectivity index (χ1n) is 15.1. The number of aromatic nitrogens is 2. The molecule has 3 N–H and O–H groups in total. The summed E-state index contributed by atoms with van der Waals surface area (Å²) in [7, 11) is 1.79. The van der Waals surface area contributed by atoms with Gasteiger partial charge in [-0.05, 0) is 80.4 Å². The van der Waals surface area contributed by atoms with Crippen LogP contribution in [0.25, 0.3) is 21.8 Å². The number of para-hydroxylation sites is 1. The molecule has 7 rings (SSSR count). The van der Waals surface area contributed by atoms with Crippen LogP contribution in [0.1, 0.15) is 56.2 Å². The van der Waals surface area contributed by atoms with E-state index in [1.165, 1.54) is 0 Å². The van der Waals surface area contributed by atoms with Crippen molar-refractivity contribution in [3.8, 4) is 11.5 Å². The average molecular weight is 612 g/mol. The number of amides is 3. The van der Waals surface area contributed by atoms with Gasteiger partial charge in [-0.25, -0.2) is 0 Å². The van der Waals surface area contributed by atoms with Crippen molar-refractivity contribution >= 4 is 39.5 Å². The van der Waals surface area contributed by atoms with Gasteiger partial charge >= 0.3 is 0 Å². The van der Waals surface area contributed by atoms with Crippen LogP contribution < -0.4 is 15.6 Å². The van der Waals surface area contributed by atoms with Gasteiger partial charge in [-0.3, -0.25) is 25.2 Å². The molecule has 4 aromatic carbocycles. The number of hydrogen-bond acceptors (Lipinski definition) is 4. The molecule has 0 saturated heterocycles. The summed E-state index contributed by atoms with van der Waals surface area (Å²) in [6.45, 7) is 5.66. The molecular weight excluding hydrogens is 578 g/mol. The molecule has 9 nitrogen and oxygen atoms in total. The summed E-state index contributed by atoms with van der Waals surface area (Å²) >= 11 is 0. The Labute approximate surface area is 265 Å². The molecular formula is C37H33N5O4. The minimum atomic E-state index is -0.896. The van der Waals surface area contributed by atoms with Crippen molar-refractivity contribution < 1.29 is 19.1 Å². The van der Waals surface area contributed by atoms with Crippen LogP contribution in [0.5, 0.6) is 11.5 Å². The molecule has 9 heteroatoms. The number of aryl methyl sites for hydroxylation is 3. The number of aromatic amines is 1. The third kappa shape index (κ3) is 4.86. The van der Waals surface area contributed by atoms with E-state index in [4.69, 9.17) is 4.74 Å². The number of fused-ring (bicyclic) bond motifs is 3. The van der Waals surface area contributed by atoms with Gasteiger partial charge in [0.15, 0.2) is 0 Å². The maximum absolute atomic E-state index is 13.8. The van der Waals surface area contributed by atoms with Crippen LogP contribution in [0.4, 0.5) is 0 Å². The summed E-state index contributed by atoms with van der Waals surface area (Å²) in [4.78, 5) is 45.7. The molecule has 0 bridgehead atoms. The van der Waals surface area contributed by atoms with Crippen molar-refractivity contribution in [2.45, 2.75) is 32.9 Å². The second-order valence-corrected chi connectivity index (χ2v) is 11.8. The fourth-order valence-corrected chi connectivity index (χ4v) is 6.52. The van der Waals surface area contributed by atoms with Crippen molar-refractivity contribution in [2.75, 3.05) is 0 Å². The predicted octanol–water partition coefficient (Wildman–Crippen LogP) is 6.46. The second-order valence-electron chi connectivity index (χ2n) is 11.8. The first-order valence-corrected chi connectivity index (χ1v) is 15.1. The van der Waals surface area contributed by atoms with Crippen molar-refractivity contribution in [3.63, 3.8) is 0 Å². The molecule has 2 unspecified atom stereocenters. The molecule has 0 saturated carbocycles. The van der Waals surface area contributed by atoms with E-state index < -0.39 is 23.9 Å². The fraction of sp³-hybridized carbons (Fsp3) is 0.162. The molecule has 1 aliphatic heterocycles. The van der Waals surface area contributed by atoms with E-state index >= 15 is 0 Å². The average Bonchev–Trinajstić information content (AvgIpc) is 3.66. The van der Waals surface area contributed by atoms with Gasteiger partial charge < -0.3 is 19.2 Å². The van der Waals surface area contributed by atoms with Gasteiger partial charge in [0.25, 0.3) is 17.7 Å². The highest BCUT2D eigenvalue weighted by Gasteiger charge is 2.43. The van der Waals surface area contributed by atoms with E-state index in [0.29, 0.717) is 17.0 Å². The minimum Gasteiger partial charge on any atom is -0.457 e. The van der Waals surface area contributed by atoms with E-state index in [-0.39, 0.29) is 5.91 Å². The lowest BCUT2D eigenvalue weighted by molar-refractivity contribution is -0.126. The van der Waals surface area contributed by atoms with E-state index in [1.807, 2.05) is 98.8 Å². The highest BCUT2D eigenvalue weighted by molar-refractivity contribution is 6.04. The fourth-order valence-electron chi connectivity index (χ4n) is 6.52. The molecule has 0 fully saturated rings. The highest BCUT2D eigenvalue weighted by atomic mass is 16.5. The van der Waals surface area contributed by atoms with E-state index in [2.05, 4.69) is 15.8 Å². The Kier molecular flexibility index (Phi) is 7.08. The monoisotopic (exact) mass is 611 g/mol. The number of H-pyrrole nitrogens is 1. The molecule has 2 atom stereocenters. The van der Waals surface area contributed by atoms with Crippen LogP contribution in [-0.2, 0) is 11.8 Å². The summed E-state index contributed by atoms with van der Waals surface area (Å²) in [5.74, 6) is 0.141. The number of nitrogens with zero attached hydrogens (tertiary/aromatic N) is 2. The number of hydrogen-bond donors (Lipinski definition) is 3. The van der Waals surface area contributed by atoms with Crippen molar-refractivity contribution in [3.05, 3.63) is 131 Å². The smallest absolute Gasteiger partial charge is 0.286 e. The number of rotatable bonds is 6. The van der Waals surface area contributed by atoms with Gasteiger partial charge in [0.2, 0.25) is 0 Å². The zero-order chi connectivity index (χ0) is 32.1. The lowest BCUT2D eigenvalue weighted by atomic mass is 9.95. The molecule has 0 aliphatic carbocycles. The minimum absolute atomic E-state index is 0.239. The summed E-state index contributed by atoms with van der Waals surface area (Å²) in [6, 6.07) is 29.2. The number of nitrogens with one attached hydrogen (secondary N) is 3. The molecule has 3 amide bonds. The summed E-state index contributed by atoms with van der Waals surface area (Å²) in [5, 5.41) is 1.80. The second kappa shape index (κ2) is 11.3. The Morgan fingerprint density at radius 2 is 1.63 bits per heavy atom. The van der Waals surface area contributed by atoms with Crippen molar-refractivity contribution in [1.82, 2.24) is 25.3 Å². The maximum Gasteiger partial charge on any atom is 0.286 e. The Balaban J connectivity index is 1.11. The Bertz CT molecular complexity index is 2180. The molecule has 6 aromatic rings. The molecule has 1 aliphatic rings. The number of benzene rings is 4. The summed E-state index contributed by atoms with van der Waals surface area (Å²) in [6.07, 6.45) is 0. The van der Waals surface area contributed by atoms with Crippen molar-refractivity contribution in [1.29, 1.82) is 0 Å². The van der Waals surface area contributed by atoms with Crippen LogP contribution in [0, 0.1) is 13.8 Å². The number of ether oxygens (including phenoxy) is 1. The maximum atomic E-state index is 13.8. The molecule has 0 spiro atoms. The first-order chi connectivity index (χ1) is 22.2. The van der Waals surface area contributed by atoms with Gasteiger partial charge in [0.1, 0.15) is 23.2 Å². The molecule has 230 valence electrons. The SMILES string of the molecule is Cc1cccc(Oc2ccc3c(c2)cc(C(=O)NNC(=O)C(C)N2C(=O)c4ccccc4C2c2c(C)[nH]c4ccccc24)n3C)c1. The quantitative estimate of drug-likeness (QED) is 0.188. The van der Waals surface area contributed by atoms with Gasteiger partial charge in [-0.15, -0.1) is 0 Å². The number of carbonyl (C=O) groups is 3. The Morgan fingerprint density at radius 1 is 0.870 bits per heavy atom. The molecule has 46 heavy (non-hydrogen) atoms. The largest absolute Gasteiger partial charge is 0.457 e. The zero-order valence-electron chi connectivity index (χ0n) is 25.9. The number of carbonyl (C=O) groups excluding carboxylic acids is 3. The van der Waals surface area contributed by atoms with Gasteiger partial charge in [0, 0.05) is 45.7 Å². The molecule has 3 heterocycles. The Morgan fingerprint density at radius 3 is 2.46 bits per heavy atom. The van der Waals surface area contributed by atoms with E-state index in [9.17, 15) is 14.4 Å². The van der Waals surface area contributed by atoms with Crippen LogP contribution in [-0.4, -0.2) is 38.2 Å². The molecule has 0 radical (unpaired) electrons. The van der Waals surface area contributed by atoms with Gasteiger partial charge in [-0.1, -0.05) is 48.5 Å². The standard InChI is InChI=1S/C37H33N5O4/c1-21-10-9-11-25(18-21)46-26-16-17-31-24(19-26)20-32(41(31)4)36(44)40-39-35(43)23(3)42-34(27-12-5-6-13-28(27)37(42)45)33-22(2)38-30-15-8-7-14-29(30)33/h5-20,23,34,38H,1-4H3,(H,39,43)(H,40,44). The molecule has 2 aromatic heterocycles. The highest BCUT2D eigenvalue weighted by Crippen LogP contribution is 2.43. The Hall–Kier alpha value is -5.83. The van der Waals surface area contributed by atoms with Crippen LogP contribution in [0.15, 0.2) is 97.1 Å². The number of hydrazine groups is 1. The normalized spacial score (nSPS) is 14.8. The van der Waals surface area contributed by atoms with Gasteiger partial charge in [0.05, 0.1) is 6.04 Å². The topological polar surface area (TPSA) is 108 Å².